The Kier molecular flexibility index (Phi) is 6.97. The number of rotatable bonds is 7. The molecule has 0 aliphatic carbocycles. The molecular formula is C24H25N3O4. The highest BCUT2D eigenvalue weighted by Crippen LogP contribution is 2.19. The van der Waals surface area contributed by atoms with E-state index in [4.69, 9.17) is 4.74 Å². The van der Waals surface area contributed by atoms with E-state index in [1.165, 1.54) is 11.9 Å². The number of nitrogens with zero attached hydrogens (tertiary/aromatic N) is 2. The Morgan fingerprint density at radius 3 is 2.55 bits per heavy atom. The van der Waals surface area contributed by atoms with Gasteiger partial charge in [0.25, 0.3) is 5.91 Å². The molecule has 0 aliphatic rings. The summed E-state index contributed by atoms with van der Waals surface area (Å²) in [5.41, 5.74) is 3.45. The van der Waals surface area contributed by atoms with Crippen molar-refractivity contribution in [1.82, 2.24) is 9.88 Å². The zero-order valence-corrected chi connectivity index (χ0v) is 17.8. The maximum atomic E-state index is 12.6. The van der Waals surface area contributed by atoms with Gasteiger partial charge in [-0.2, -0.15) is 0 Å². The summed E-state index contributed by atoms with van der Waals surface area (Å²) in [6, 6.07) is 16.4. The molecular weight excluding hydrogens is 394 g/mol. The number of benzene rings is 2. The van der Waals surface area contributed by atoms with Gasteiger partial charge >= 0.3 is 5.97 Å². The fourth-order valence-electron chi connectivity index (χ4n) is 3.24. The van der Waals surface area contributed by atoms with Gasteiger partial charge in [0.1, 0.15) is 0 Å². The van der Waals surface area contributed by atoms with E-state index in [-0.39, 0.29) is 12.5 Å². The second-order valence-corrected chi connectivity index (χ2v) is 7.21. The van der Waals surface area contributed by atoms with Crippen LogP contribution in [0, 0.1) is 6.92 Å². The number of hydrogen-bond donors (Lipinski definition) is 1. The van der Waals surface area contributed by atoms with Crippen molar-refractivity contribution < 1.29 is 19.1 Å². The summed E-state index contributed by atoms with van der Waals surface area (Å²) >= 11 is 0. The quantitative estimate of drug-likeness (QED) is 0.593. The van der Waals surface area contributed by atoms with Gasteiger partial charge in [-0.05, 0) is 37.1 Å². The second-order valence-electron chi connectivity index (χ2n) is 7.21. The molecule has 7 nitrogen and oxygen atoms in total. The van der Waals surface area contributed by atoms with Gasteiger partial charge in [-0.25, -0.2) is 4.79 Å². The number of carbonyl (C=O) groups excluding carboxylic acids is 3. The number of fused-ring (bicyclic) bond motifs is 1. The number of aromatic nitrogens is 1. The molecule has 0 aliphatic heterocycles. The van der Waals surface area contributed by atoms with E-state index in [0.717, 1.165) is 17.7 Å². The molecule has 1 heterocycles. The van der Waals surface area contributed by atoms with Gasteiger partial charge in [0.2, 0.25) is 5.91 Å². The van der Waals surface area contributed by atoms with E-state index in [1.807, 2.05) is 49.4 Å². The Balaban J connectivity index is 1.58. The minimum absolute atomic E-state index is 0.147. The molecule has 2 amide bonds. The number of nitrogens with one attached hydrogen (secondary N) is 1. The van der Waals surface area contributed by atoms with Crippen molar-refractivity contribution in [3.8, 4) is 0 Å². The van der Waals surface area contributed by atoms with Crippen LogP contribution in [0.1, 0.15) is 28.5 Å². The van der Waals surface area contributed by atoms with Crippen LogP contribution < -0.4 is 5.32 Å². The van der Waals surface area contributed by atoms with E-state index in [9.17, 15) is 14.4 Å². The third-order valence-corrected chi connectivity index (χ3v) is 4.87. The third kappa shape index (κ3) is 5.45. The largest absolute Gasteiger partial charge is 0.452 e. The van der Waals surface area contributed by atoms with Crippen LogP contribution in [0.2, 0.25) is 0 Å². The lowest BCUT2D eigenvalue weighted by Crippen LogP contribution is -2.37. The van der Waals surface area contributed by atoms with Crippen molar-refractivity contribution in [2.45, 2.75) is 20.3 Å². The van der Waals surface area contributed by atoms with E-state index in [0.29, 0.717) is 22.2 Å². The van der Waals surface area contributed by atoms with Crippen LogP contribution in [-0.4, -0.2) is 47.9 Å². The molecule has 160 valence electrons. The molecule has 0 radical (unpaired) electrons. The Labute approximate surface area is 181 Å². The molecule has 1 aromatic heterocycles. The SMILES string of the molecule is CCc1ccccc1NC(=O)CN(C)C(=O)COC(=O)c1cc(C)nc2ccccc12. The van der Waals surface area contributed by atoms with Crippen LogP contribution in [0.25, 0.3) is 10.9 Å². The average Bonchev–Trinajstić information content (AvgIpc) is 2.76. The van der Waals surface area contributed by atoms with Crippen molar-refractivity contribution in [3.63, 3.8) is 0 Å². The lowest BCUT2D eigenvalue weighted by atomic mass is 10.1. The minimum atomic E-state index is -0.607. The highest BCUT2D eigenvalue weighted by molar-refractivity contribution is 6.04. The number of aryl methyl sites for hydroxylation is 2. The molecule has 0 atom stereocenters. The van der Waals surface area contributed by atoms with Crippen molar-refractivity contribution >= 4 is 34.4 Å². The summed E-state index contributed by atoms with van der Waals surface area (Å²) in [5, 5.41) is 3.48. The lowest BCUT2D eigenvalue weighted by Gasteiger charge is -2.17. The van der Waals surface area contributed by atoms with Gasteiger partial charge in [0.05, 0.1) is 17.6 Å². The van der Waals surface area contributed by atoms with Gasteiger partial charge in [-0.1, -0.05) is 43.3 Å². The summed E-state index contributed by atoms with van der Waals surface area (Å²) in [6.45, 7) is 3.19. The predicted octanol–water partition coefficient (Wildman–Crippen LogP) is 3.36. The molecule has 0 fully saturated rings. The Bertz CT molecular complexity index is 1130. The molecule has 1 N–H and O–H groups in total. The summed E-state index contributed by atoms with van der Waals surface area (Å²) < 4.78 is 5.22. The third-order valence-electron chi connectivity index (χ3n) is 4.87. The molecule has 7 heteroatoms. The number of likely N-dealkylation sites (N-methyl/N-ethyl adjacent to an activating group) is 1. The van der Waals surface area contributed by atoms with Crippen molar-refractivity contribution in [2.24, 2.45) is 0 Å². The van der Waals surface area contributed by atoms with Gasteiger partial charge < -0.3 is 15.0 Å². The minimum Gasteiger partial charge on any atom is -0.452 e. The zero-order chi connectivity index (χ0) is 22.4. The fraction of sp³-hybridized carbons (Fsp3) is 0.250. The first kappa shape index (κ1) is 22.0. The second kappa shape index (κ2) is 9.84. The molecule has 0 saturated carbocycles. The summed E-state index contributed by atoms with van der Waals surface area (Å²) in [5.74, 6) is -1.40. The first-order valence-electron chi connectivity index (χ1n) is 10.0. The highest BCUT2D eigenvalue weighted by atomic mass is 16.5. The van der Waals surface area contributed by atoms with Crippen LogP contribution >= 0.6 is 0 Å². The van der Waals surface area contributed by atoms with Crippen LogP contribution in [0.4, 0.5) is 5.69 Å². The van der Waals surface area contributed by atoms with E-state index < -0.39 is 18.5 Å². The van der Waals surface area contributed by atoms with Gasteiger partial charge in [-0.3, -0.25) is 14.6 Å². The summed E-state index contributed by atoms with van der Waals surface area (Å²) in [4.78, 5) is 42.9. The van der Waals surface area contributed by atoms with Crippen molar-refractivity contribution in [3.05, 3.63) is 71.4 Å². The Morgan fingerprint density at radius 2 is 1.77 bits per heavy atom. The van der Waals surface area contributed by atoms with Gasteiger partial charge in [-0.15, -0.1) is 0 Å². The molecule has 3 aromatic rings. The fourth-order valence-corrected chi connectivity index (χ4v) is 3.24. The molecule has 0 unspecified atom stereocenters. The first-order valence-corrected chi connectivity index (χ1v) is 10.0. The van der Waals surface area contributed by atoms with Gasteiger partial charge in [0, 0.05) is 23.8 Å². The summed E-state index contributed by atoms with van der Waals surface area (Å²) in [7, 11) is 1.49. The maximum Gasteiger partial charge on any atom is 0.339 e. The first-order chi connectivity index (χ1) is 14.9. The van der Waals surface area contributed by atoms with Crippen LogP contribution in [0.15, 0.2) is 54.6 Å². The average molecular weight is 419 g/mol. The number of para-hydroxylation sites is 2. The van der Waals surface area contributed by atoms with Gasteiger partial charge in [0.15, 0.2) is 6.61 Å². The van der Waals surface area contributed by atoms with Crippen molar-refractivity contribution in [2.75, 3.05) is 25.5 Å². The molecule has 31 heavy (non-hydrogen) atoms. The monoisotopic (exact) mass is 419 g/mol. The van der Waals surface area contributed by atoms with E-state index in [2.05, 4.69) is 10.3 Å². The molecule has 0 saturated heterocycles. The Hall–Kier alpha value is -3.74. The van der Waals surface area contributed by atoms with Crippen LogP contribution in [-0.2, 0) is 20.7 Å². The zero-order valence-electron chi connectivity index (χ0n) is 17.8. The number of amides is 2. The molecule has 0 spiro atoms. The topological polar surface area (TPSA) is 88.6 Å². The van der Waals surface area contributed by atoms with E-state index in [1.54, 1.807) is 19.1 Å². The van der Waals surface area contributed by atoms with E-state index >= 15 is 0 Å². The molecule has 3 rings (SSSR count). The molecule has 2 aromatic carbocycles. The standard InChI is InChI=1S/C24H25N3O4/c1-4-17-9-5-7-11-20(17)26-22(28)14-27(3)23(29)15-31-24(30)19-13-16(2)25-21-12-8-6-10-18(19)21/h5-13H,4,14-15H2,1-3H3,(H,26,28). The number of carbonyl (C=O) groups is 3. The number of anilines is 1. The normalized spacial score (nSPS) is 10.5. The number of pyridine rings is 1. The number of esters is 1. The van der Waals surface area contributed by atoms with Crippen LogP contribution in [0.3, 0.4) is 0 Å². The van der Waals surface area contributed by atoms with Crippen molar-refractivity contribution in [1.29, 1.82) is 0 Å². The Morgan fingerprint density at radius 1 is 1.06 bits per heavy atom. The van der Waals surface area contributed by atoms with Crippen LogP contribution in [0.5, 0.6) is 0 Å². The number of ether oxygens (including phenoxy) is 1. The lowest BCUT2D eigenvalue weighted by molar-refractivity contribution is -0.136. The summed E-state index contributed by atoms with van der Waals surface area (Å²) in [6.07, 6.45) is 0.782. The molecule has 0 bridgehead atoms. The highest BCUT2D eigenvalue weighted by Gasteiger charge is 2.18. The number of hydrogen-bond acceptors (Lipinski definition) is 5. The smallest absolute Gasteiger partial charge is 0.339 e. The predicted molar refractivity (Wildman–Crippen MR) is 119 cm³/mol. The maximum absolute atomic E-state index is 12.6.